The highest BCUT2D eigenvalue weighted by Gasteiger charge is 1.82. The molecule has 0 aromatic rings. The van der Waals surface area contributed by atoms with Crippen molar-refractivity contribution in [1.82, 2.24) is 0 Å². The van der Waals surface area contributed by atoms with E-state index in [1.165, 1.54) is 12.4 Å². The minimum absolute atomic E-state index is 0.441. The SMILES string of the molecule is N/C=C(/N)C=NCCCC=O. The Labute approximate surface area is 66.0 Å². The standard InChI is InChI=1S/C7H13N3O/c8-5-7(9)6-10-3-1-2-4-11/h4-6H,1-3,8-9H2/b7-5+,10-6?. The first-order chi connectivity index (χ1) is 5.31. The van der Waals surface area contributed by atoms with Gasteiger partial charge in [0.1, 0.15) is 6.29 Å². The fraction of sp³-hybridized carbons (Fsp3) is 0.429. The molecule has 0 spiro atoms. The minimum atomic E-state index is 0.441. The highest BCUT2D eigenvalue weighted by Crippen LogP contribution is 1.84. The van der Waals surface area contributed by atoms with Gasteiger partial charge in [-0.15, -0.1) is 0 Å². The van der Waals surface area contributed by atoms with Crippen LogP contribution < -0.4 is 11.5 Å². The van der Waals surface area contributed by atoms with Gasteiger partial charge in [0, 0.05) is 25.4 Å². The Hall–Kier alpha value is -1.32. The van der Waals surface area contributed by atoms with E-state index < -0.39 is 0 Å². The second kappa shape index (κ2) is 6.80. The smallest absolute Gasteiger partial charge is 0.120 e. The molecule has 0 heterocycles. The molecule has 0 unspecified atom stereocenters. The van der Waals surface area contributed by atoms with Crippen LogP contribution in [0.5, 0.6) is 0 Å². The first kappa shape index (κ1) is 9.68. The van der Waals surface area contributed by atoms with E-state index in [0.29, 0.717) is 18.7 Å². The van der Waals surface area contributed by atoms with Crippen molar-refractivity contribution in [3.63, 3.8) is 0 Å². The van der Waals surface area contributed by atoms with Crippen LogP contribution in [-0.4, -0.2) is 19.0 Å². The van der Waals surface area contributed by atoms with Crippen molar-refractivity contribution in [3.05, 3.63) is 11.9 Å². The van der Waals surface area contributed by atoms with Gasteiger partial charge in [-0.2, -0.15) is 0 Å². The zero-order chi connectivity index (χ0) is 8.53. The van der Waals surface area contributed by atoms with E-state index in [4.69, 9.17) is 11.5 Å². The van der Waals surface area contributed by atoms with E-state index in [0.717, 1.165) is 12.7 Å². The Morgan fingerprint density at radius 3 is 2.82 bits per heavy atom. The molecule has 0 atom stereocenters. The van der Waals surface area contributed by atoms with Crippen LogP contribution in [0.15, 0.2) is 16.9 Å². The maximum absolute atomic E-state index is 9.85. The molecule has 0 saturated carbocycles. The summed E-state index contributed by atoms with van der Waals surface area (Å²) >= 11 is 0. The number of nitrogens with zero attached hydrogens (tertiary/aromatic N) is 1. The molecule has 0 rings (SSSR count). The molecule has 0 amide bonds. The summed E-state index contributed by atoms with van der Waals surface area (Å²) in [6.07, 6.45) is 4.95. The second-order valence-electron chi connectivity index (χ2n) is 2.01. The number of carbonyl (C=O) groups excluding carboxylic acids is 1. The normalized spacial score (nSPS) is 12.2. The monoisotopic (exact) mass is 155 g/mol. The predicted octanol–water partition coefficient (Wildman–Crippen LogP) is -0.205. The highest BCUT2D eigenvalue weighted by atomic mass is 16.1. The zero-order valence-electron chi connectivity index (χ0n) is 6.36. The van der Waals surface area contributed by atoms with Gasteiger partial charge in [0.2, 0.25) is 0 Å². The molecule has 0 saturated heterocycles. The zero-order valence-corrected chi connectivity index (χ0v) is 6.36. The van der Waals surface area contributed by atoms with Gasteiger partial charge >= 0.3 is 0 Å². The lowest BCUT2D eigenvalue weighted by molar-refractivity contribution is -0.107. The van der Waals surface area contributed by atoms with Gasteiger partial charge in [-0.25, -0.2) is 0 Å². The summed E-state index contributed by atoms with van der Waals surface area (Å²) in [5, 5.41) is 0. The van der Waals surface area contributed by atoms with Crippen LogP contribution in [0.4, 0.5) is 0 Å². The van der Waals surface area contributed by atoms with Crippen LogP contribution in [0.1, 0.15) is 12.8 Å². The number of aliphatic imine (C=N–C) groups is 1. The molecule has 4 heteroatoms. The van der Waals surface area contributed by atoms with Crippen LogP contribution in [0.25, 0.3) is 0 Å². The predicted molar refractivity (Wildman–Crippen MR) is 45.1 cm³/mol. The van der Waals surface area contributed by atoms with Gasteiger partial charge in [0.25, 0.3) is 0 Å². The molecule has 0 aromatic carbocycles. The van der Waals surface area contributed by atoms with E-state index in [1.807, 2.05) is 0 Å². The number of carbonyl (C=O) groups is 1. The van der Waals surface area contributed by atoms with E-state index >= 15 is 0 Å². The average Bonchev–Trinajstić information content (AvgIpc) is 2.04. The van der Waals surface area contributed by atoms with Crippen molar-refractivity contribution in [2.45, 2.75) is 12.8 Å². The molecular weight excluding hydrogens is 142 g/mol. The average molecular weight is 155 g/mol. The van der Waals surface area contributed by atoms with Crippen molar-refractivity contribution in [2.75, 3.05) is 6.54 Å². The van der Waals surface area contributed by atoms with E-state index in [-0.39, 0.29) is 0 Å². The van der Waals surface area contributed by atoms with Crippen LogP contribution in [0.2, 0.25) is 0 Å². The second-order valence-corrected chi connectivity index (χ2v) is 2.01. The Balaban J connectivity index is 3.37. The van der Waals surface area contributed by atoms with E-state index in [2.05, 4.69) is 4.99 Å². The van der Waals surface area contributed by atoms with Crippen molar-refractivity contribution in [3.8, 4) is 0 Å². The molecule has 0 radical (unpaired) electrons. The topological polar surface area (TPSA) is 81.5 Å². The van der Waals surface area contributed by atoms with Gasteiger partial charge in [0.05, 0.1) is 5.70 Å². The fourth-order valence-corrected chi connectivity index (χ4v) is 0.479. The third kappa shape index (κ3) is 6.57. The molecule has 4 N–H and O–H groups in total. The molecule has 0 aliphatic carbocycles. The van der Waals surface area contributed by atoms with Gasteiger partial charge in [-0.05, 0) is 6.42 Å². The molecule has 0 aliphatic heterocycles. The summed E-state index contributed by atoms with van der Waals surface area (Å²) in [6.45, 7) is 0.618. The number of rotatable bonds is 5. The summed E-state index contributed by atoms with van der Waals surface area (Å²) in [6, 6.07) is 0. The van der Waals surface area contributed by atoms with Crippen LogP contribution in [-0.2, 0) is 4.79 Å². The molecular formula is C7H13N3O. The molecule has 62 valence electrons. The largest absolute Gasteiger partial charge is 0.403 e. The Kier molecular flexibility index (Phi) is 5.98. The maximum atomic E-state index is 9.85. The van der Waals surface area contributed by atoms with E-state index in [9.17, 15) is 4.79 Å². The maximum Gasteiger partial charge on any atom is 0.120 e. The van der Waals surface area contributed by atoms with Crippen LogP contribution in [0, 0.1) is 0 Å². The van der Waals surface area contributed by atoms with Crippen LogP contribution in [0.3, 0.4) is 0 Å². The molecule has 0 fully saturated rings. The molecule has 4 nitrogen and oxygen atoms in total. The summed E-state index contributed by atoms with van der Waals surface area (Å²) in [7, 11) is 0. The molecule has 0 aliphatic rings. The van der Waals surface area contributed by atoms with Gasteiger partial charge in [0.15, 0.2) is 0 Å². The first-order valence-electron chi connectivity index (χ1n) is 3.42. The number of allylic oxidation sites excluding steroid dienone is 1. The van der Waals surface area contributed by atoms with Crippen molar-refractivity contribution >= 4 is 12.5 Å². The summed E-state index contributed by atoms with van der Waals surface area (Å²) < 4.78 is 0. The Morgan fingerprint density at radius 2 is 2.27 bits per heavy atom. The van der Waals surface area contributed by atoms with Crippen LogP contribution >= 0.6 is 0 Å². The summed E-state index contributed by atoms with van der Waals surface area (Å²) in [5.74, 6) is 0. The Morgan fingerprint density at radius 1 is 1.55 bits per heavy atom. The molecule has 0 bridgehead atoms. The van der Waals surface area contributed by atoms with E-state index in [1.54, 1.807) is 0 Å². The lowest BCUT2D eigenvalue weighted by atomic mass is 10.3. The quantitative estimate of drug-likeness (QED) is 0.327. The lowest BCUT2D eigenvalue weighted by Gasteiger charge is -1.89. The third-order valence-corrected chi connectivity index (χ3v) is 1.04. The molecule has 11 heavy (non-hydrogen) atoms. The first-order valence-corrected chi connectivity index (χ1v) is 3.42. The number of hydrogen-bond acceptors (Lipinski definition) is 4. The minimum Gasteiger partial charge on any atom is -0.403 e. The van der Waals surface area contributed by atoms with Gasteiger partial charge in [-0.1, -0.05) is 0 Å². The number of hydrogen-bond donors (Lipinski definition) is 2. The third-order valence-electron chi connectivity index (χ3n) is 1.04. The van der Waals surface area contributed by atoms with Crippen molar-refractivity contribution in [1.29, 1.82) is 0 Å². The number of unbranched alkanes of at least 4 members (excludes halogenated alkanes) is 1. The van der Waals surface area contributed by atoms with Gasteiger partial charge < -0.3 is 16.3 Å². The lowest BCUT2D eigenvalue weighted by Crippen LogP contribution is -2.01. The van der Waals surface area contributed by atoms with Crippen molar-refractivity contribution < 1.29 is 4.79 Å². The summed E-state index contributed by atoms with van der Waals surface area (Å²) in [5.41, 5.74) is 10.8. The van der Waals surface area contributed by atoms with Crippen molar-refractivity contribution in [2.24, 2.45) is 16.5 Å². The molecule has 0 aromatic heterocycles. The summed E-state index contributed by atoms with van der Waals surface area (Å²) in [4.78, 5) is 13.8. The fourth-order valence-electron chi connectivity index (χ4n) is 0.479. The highest BCUT2D eigenvalue weighted by molar-refractivity contribution is 5.76. The number of aldehydes is 1. The van der Waals surface area contributed by atoms with Gasteiger partial charge in [-0.3, -0.25) is 4.99 Å². The Bertz CT molecular complexity index is 163. The number of nitrogens with two attached hydrogens (primary N) is 2.